The molecular weight excluding hydrogens is 328 g/mol. The first-order valence-corrected chi connectivity index (χ1v) is 6.80. The average molecular weight is 345 g/mol. The van der Waals surface area contributed by atoms with E-state index >= 15 is 0 Å². The van der Waals surface area contributed by atoms with Crippen LogP contribution < -0.4 is 5.32 Å². The Kier molecular flexibility index (Phi) is 5.50. The molecule has 0 aliphatic carbocycles. The second-order valence-electron chi connectivity index (χ2n) is 5.17. The van der Waals surface area contributed by atoms with E-state index in [1.807, 2.05) is 0 Å². The summed E-state index contributed by atoms with van der Waals surface area (Å²) < 4.78 is 5.75. The summed E-state index contributed by atoms with van der Waals surface area (Å²) in [6.45, 7) is 5.19. The maximum atomic E-state index is 11.8. The summed E-state index contributed by atoms with van der Waals surface area (Å²) in [6, 6.07) is 2.67. The number of nitrogens with zero attached hydrogens (tertiary/aromatic N) is 1. The van der Waals surface area contributed by atoms with Gasteiger partial charge in [-0.2, -0.15) is 0 Å². The van der Waals surface area contributed by atoms with Crippen LogP contribution in [0.4, 0.5) is 4.79 Å². The van der Waals surface area contributed by atoms with Crippen LogP contribution >= 0.6 is 15.9 Å². The molecule has 0 radical (unpaired) electrons. The van der Waals surface area contributed by atoms with Crippen molar-refractivity contribution < 1.29 is 19.4 Å². The van der Waals surface area contributed by atoms with Crippen molar-refractivity contribution in [1.29, 1.82) is 0 Å². The van der Waals surface area contributed by atoms with Crippen LogP contribution in [0.3, 0.4) is 0 Å². The third kappa shape index (κ3) is 5.56. The smallest absolute Gasteiger partial charge is 0.408 e. The number of carbonyl (C=O) groups is 2. The Bertz CT molecular complexity index is 499. The average Bonchev–Trinajstić information content (AvgIpc) is 2.25. The molecule has 0 spiro atoms. The lowest BCUT2D eigenvalue weighted by atomic mass is 10.1. The second-order valence-corrected chi connectivity index (χ2v) is 6.02. The van der Waals surface area contributed by atoms with Crippen LogP contribution in [-0.2, 0) is 9.53 Å². The van der Waals surface area contributed by atoms with Gasteiger partial charge < -0.3 is 15.2 Å². The van der Waals surface area contributed by atoms with E-state index in [0.29, 0.717) is 10.2 Å². The first-order valence-electron chi connectivity index (χ1n) is 6.01. The van der Waals surface area contributed by atoms with Gasteiger partial charge in [-0.05, 0) is 48.8 Å². The lowest BCUT2D eigenvalue weighted by molar-refractivity contribution is -0.137. The highest BCUT2D eigenvalue weighted by Gasteiger charge is 2.24. The minimum atomic E-state index is -1.04. The SMILES string of the molecule is CC(C)(C)OC(=O)NC(CC(=O)O)c1ncccc1Br. The van der Waals surface area contributed by atoms with E-state index in [4.69, 9.17) is 9.84 Å². The summed E-state index contributed by atoms with van der Waals surface area (Å²) in [7, 11) is 0. The summed E-state index contributed by atoms with van der Waals surface area (Å²) in [6.07, 6.45) is 0.571. The fourth-order valence-corrected chi connectivity index (χ4v) is 2.03. The monoisotopic (exact) mass is 344 g/mol. The van der Waals surface area contributed by atoms with Gasteiger partial charge in [-0.3, -0.25) is 9.78 Å². The highest BCUT2D eigenvalue weighted by Crippen LogP contribution is 2.23. The van der Waals surface area contributed by atoms with Gasteiger partial charge in [0.25, 0.3) is 0 Å². The van der Waals surface area contributed by atoms with Crippen molar-refractivity contribution in [2.45, 2.75) is 38.8 Å². The van der Waals surface area contributed by atoms with E-state index in [1.54, 1.807) is 32.9 Å². The Morgan fingerprint density at radius 2 is 2.15 bits per heavy atom. The molecule has 1 rings (SSSR count). The van der Waals surface area contributed by atoms with Crippen LogP contribution in [0.25, 0.3) is 0 Å². The molecule has 0 aliphatic heterocycles. The van der Waals surface area contributed by atoms with E-state index in [9.17, 15) is 9.59 Å². The van der Waals surface area contributed by atoms with Gasteiger partial charge in [-0.25, -0.2) is 4.79 Å². The Hall–Kier alpha value is -1.63. The third-order valence-corrected chi connectivity index (χ3v) is 2.86. The van der Waals surface area contributed by atoms with E-state index < -0.39 is 23.7 Å². The number of alkyl carbamates (subject to hydrolysis) is 1. The Labute approximate surface area is 125 Å². The van der Waals surface area contributed by atoms with Crippen molar-refractivity contribution in [1.82, 2.24) is 10.3 Å². The maximum absolute atomic E-state index is 11.8. The van der Waals surface area contributed by atoms with Gasteiger partial charge in [0.1, 0.15) is 5.60 Å². The number of aliphatic carboxylic acids is 1. The van der Waals surface area contributed by atoms with Crippen LogP contribution in [0.1, 0.15) is 38.9 Å². The fourth-order valence-electron chi connectivity index (χ4n) is 1.49. The number of rotatable bonds is 4. The van der Waals surface area contributed by atoms with Gasteiger partial charge in [0.2, 0.25) is 0 Å². The number of amides is 1. The summed E-state index contributed by atoms with van der Waals surface area (Å²) in [4.78, 5) is 26.8. The van der Waals surface area contributed by atoms with Crippen molar-refractivity contribution in [3.05, 3.63) is 28.5 Å². The molecular formula is C13H17BrN2O4. The maximum Gasteiger partial charge on any atom is 0.408 e. The van der Waals surface area contributed by atoms with Gasteiger partial charge in [0.15, 0.2) is 0 Å². The predicted octanol–water partition coefficient (Wildman–Crippen LogP) is 2.88. The molecule has 20 heavy (non-hydrogen) atoms. The Balaban J connectivity index is 2.88. The molecule has 2 N–H and O–H groups in total. The fraction of sp³-hybridized carbons (Fsp3) is 0.462. The number of ether oxygens (including phenoxy) is 1. The zero-order chi connectivity index (χ0) is 15.3. The molecule has 110 valence electrons. The number of hydrogen-bond acceptors (Lipinski definition) is 4. The highest BCUT2D eigenvalue weighted by molar-refractivity contribution is 9.10. The van der Waals surface area contributed by atoms with Gasteiger partial charge >= 0.3 is 12.1 Å². The first kappa shape index (κ1) is 16.4. The zero-order valence-corrected chi connectivity index (χ0v) is 13.1. The molecule has 6 nitrogen and oxygen atoms in total. The van der Waals surface area contributed by atoms with Crippen LogP contribution in [-0.4, -0.2) is 27.8 Å². The van der Waals surface area contributed by atoms with Crippen molar-refractivity contribution >= 4 is 28.0 Å². The van der Waals surface area contributed by atoms with Crippen molar-refractivity contribution in [3.8, 4) is 0 Å². The Morgan fingerprint density at radius 3 is 2.65 bits per heavy atom. The van der Waals surface area contributed by atoms with E-state index in [0.717, 1.165) is 0 Å². The van der Waals surface area contributed by atoms with Crippen molar-refractivity contribution in [3.63, 3.8) is 0 Å². The predicted molar refractivity (Wildman–Crippen MR) is 76.3 cm³/mol. The van der Waals surface area contributed by atoms with Crippen LogP contribution in [0.2, 0.25) is 0 Å². The summed E-state index contributed by atoms with van der Waals surface area (Å²) in [5.74, 6) is -1.04. The van der Waals surface area contributed by atoms with Gasteiger partial charge in [-0.15, -0.1) is 0 Å². The molecule has 1 heterocycles. The van der Waals surface area contributed by atoms with Crippen molar-refractivity contribution in [2.24, 2.45) is 0 Å². The highest BCUT2D eigenvalue weighted by atomic mass is 79.9. The number of hydrogen-bond donors (Lipinski definition) is 2. The number of carbonyl (C=O) groups excluding carboxylic acids is 1. The molecule has 0 bridgehead atoms. The number of halogens is 1. The molecule has 0 fully saturated rings. The van der Waals surface area contributed by atoms with Gasteiger partial charge in [-0.1, -0.05) is 0 Å². The molecule has 1 atom stereocenters. The second kappa shape index (κ2) is 6.69. The quantitative estimate of drug-likeness (QED) is 0.876. The van der Waals surface area contributed by atoms with E-state index in [-0.39, 0.29) is 6.42 Å². The van der Waals surface area contributed by atoms with Crippen LogP contribution in [0, 0.1) is 0 Å². The summed E-state index contributed by atoms with van der Waals surface area (Å²) in [5, 5.41) is 11.5. The largest absolute Gasteiger partial charge is 0.481 e. The lowest BCUT2D eigenvalue weighted by Crippen LogP contribution is -2.36. The Morgan fingerprint density at radius 1 is 1.50 bits per heavy atom. The number of pyridine rings is 1. The lowest BCUT2D eigenvalue weighted by Gasteiger charge is -2.23. The number of carboxylic acid groups (broad SMARTS) is 1. The van der Waals surface area contributed by atoms with Crippen molar-refractivity contribution in [2.75, 3.05) is 0 Å². The number of nitrogens with one attached hydrogen (secondary N) is 1. The first-order chi connectivity index (χ1) is 9.19. The molecule has 0 saturated carbocycles. The molecule has 0 aliphatic rings. The minimum absolute atomic E-state index is 0.283. The number of carboxylic acids is 1. The third-order valence-electron chi connectivity index (χ3n) is 2.19. The van der Waals surface area contributed by atoms with Gasteiger partial charge in [0.05, 0.1) is 18.2 Å². The topological polar surface area (TPSA) is 88.5 Å². The van der Waals surface area contributed by atoms with Crippen LogP contribution in [0.15, 0.2) is 22.8 Å². The van der Waals surface area contributed by atoms with E-state index in [1.165, 1.54) is 6.20 Å². The zero-order valence-electron chi connectivity index (χ0n) is 11.5. The molecule has 7 heteroatoms. The normalized spacial score (nSPS) is 12.6. The summed E-state index contributed by atoms with van der Waals surface area (Å²) in [5.41, 5.74) is -0.208. The summed E-state index contributed by atoms with van der Waals surface area (Å²) >= 11 is 3.29. The molecule has 1 aromatic heterocycles. The molecule has 1 aromatic rings. The molecule has 0 aromatic carbocycles. The van der Waals surface area contributed by atoms with Crippen LogP contribution in [0.5, 0.6) is 0 Å². The molecule has 1 amide bonds. The van der Waals surface area contributed by atoms with Gasteiger partial charge in [0, 0.05) is 10.7 Å². The standard InChI is InChI=1S/C13H17BrN2O4/c1-13(2,3)20-12(19)16-9(7-10(17)18)11-8(14)5-4-6-15-11/h4-6,9H,7H2,1-3H3,(H,16,19)(H,17,18). The number of aromatic nitrogens is 1. The molecule has 0 saturated heterocycles. The van der Waals surface area contributed by atoms with E-state index in [2.05, 4.69) is 26.2 Å². The minimum Gasteiger partial charge on any atom is -0.481 e. The molecule has 1 unspecified atom stereocenters.